The quantitative estimate of drug-likeness (QED) is 0.308. The van der Waals surface area contributed by atoms with Crippen molar-refractivity contribution in [1.29, 1.82) is 0 Å². The van der Waals surface area contributed by atoms with E-state index in [0.717, 1.165) is 11.8 Å². The molecule has 0 spiro atoms. The first-order chi connectivity index (χ1) is 11.1. The predicted octanol–water partition coefficient (Wildman–Crippen LogP) is 8.07. The van der Waals surface area contributed by atoms with Crippen LogP contribution in [0, 0.1) is 34.1 Å². The standard InChI is InChI=1S/C8H11N.2C6H10.C2H6.3CH3.Zr/c1-9(2)8-6-4-3-5-7-8;2*1-6-4-2-3-5-6;1-2;;;;/h3-7H,1-2H3;2*2,4,6H,3,5H2,1H3;1-2H3;3*1H3;/q;;;;3*-1;+3/t;2*6-;;;;;/m.10...../s1. The maximum atomic E-state index is 2.28. The van der Waals surface area contributed by atoms with Crippen LogP contribution in [0.25, 0.3) is 0 Å². The molecule has 3 rings (SSSR count). The van der Waals surface area contributed by atoms with Gasteiger partial charge in [0.2, 0.25) is 0 Å². The van der Waals surface area contributed by atoms with E-state index in [9.17, 15) is 0 Å². The van der Waals surface area contributed by atoms with E-state index in [4.69, 9.17) is 0 Å². The molecule has 1 aromatic rings. The minimum atomic E-state index is 0. The molecule has 155 valence electrons. The first kappa shape index (κ1) is 37.2. The van der Waals surface area contributed by atoms with Gasteiger partial charge in [-0.1, -0.05) is 70.2 Å². The van der Waals surface area contributed by atoms with E-state index in [2.05, 4.69) is 55.2 Å². The molecule has 0 saturated carbocycles. The second-order valence-electron chi connectivity index (χ2n) is 6.20. The van der Waals surface area contributed by atoms with E-state index in [1.807, 2.05) is 46.1 Å². The Balaban J connectivity index is -0.0000000815. The van der Waals surface area contributed by atoms with E-state index in [1.165, 1.54) is 31.4 Å². The molecule has 0 heterocycles. The van der Waals surface area contributed by atoms with Gasteiger partial charge in [-0.3, -0.25) is 0 Å². The van der Waals surface area contributed by atoms with Gasteiger partial charge in [0.05, 0.1) is 0 Å². The maximum absolute atomic E-state index is 2.28. The molecule has 0 bridgehead atoms. The van der Waals surface area contributed by atoms with Crippen LogP contribution >= 0.6 is 0 Å². The van der Waals surface area contributed by atoms with Gasteiger partial charge in [-0.25, -0.2) is 0 Å². The van der Waals surface area contributed by atoms with Crippen molar-refractivity contribution < 1.29 is 26.2 Å². The molecule has 27 heavy (non-hydrogen) atoms. The average Bonchev–Trinajstić information content (AvgIpc) is 3.25. The van der Waals surface area contributed by atoms with Crippen LogP contribution < -0.4 is 4.90 Å². The van der Waals surface area contributed by atoms with E-state index < -0.39 is 0 Å². The Morgan fingerprint density at radius 2 is 1.11 bits per heavy atom. The topological polar surface area (TPSA) is 3.24 Å². The summed E-state index contributed by atoms with van der Waals surface area (Å²) in [5.41, 5.74) is 1.25. The average molecular weight is 452 g/mol. The van der Waals surface area contributed by atoms with E-state index >= 15 is 0 Å². The molecule has 0 amide bonds. The first-order valence-corrected chi connectivity index (χ1v) is 9.15. The molecule has 0 unspecified atom stereocenters. The zero-order valence-electron chi connectivity index (χ0n) is 19.6. The second-order valence-corrected chi connectivity index (χ2v) is 6.20. The van der Waals surface area contributed by atoms with Crippen LogP contribution in [0.1, 0.15) is 53.4 Å². The summed E-state index contributed by atoms with van der Waals surface area (Å²) in [6.45, 7) is 8.51. The minimum absolute atomic E-state index is 0. The van der Waals surface area contributed by atoms with Crippen molar-refractivity contribution in [3.63, 3.8) is 0 Å². The van der Waals surface area contributed by atoms with Crippen molar-refractivity contribution >= 4 is 5.69 Å². The fraction of sp³-hybridized carbons (Fsp3) is 0.480. The minimum Gasteiger partial charge on any atom is -0.378 e. The summed E-state index contributed by atoms with van der Waals surface area (Å²) in [7, 11) is 4.07. The smallest absolute Gasteiger partial charge is 0.378 e. The number of para-hydroxylation sites is 1. The summed E-state index contributed by atoms with van der Waals surface area (Å²) >= 11 is 0. The van der Waals surface area contributed by atoms with Crippen LogP contribution in [0.2, 0.25) is 0 Å². The molecular formula is C25H46NZr. The van der Waals surface area contributed by atoms with E-state index in [0.29, 0.717) is 0 Å². The van der Waals surface area contributed by atoms with Crippen LogP contribution in [-0.4, -0.2) is 14.1 Å². The number of hydrogen-bond donors (Lipinski definition) is 0. The van der Waals surface area contributed by atoms with Gasteiger partial charge < -0.3 is 27.2 Å². The van der Waals surface area contributed by atoms with Gasteiger partial charge in [-0.2, -0.15) is 0 Å². The number of allylic oxidation sites excluding steroid dienone is 4. The Kier molecular flexibility index (Phi) is 35.0. The molecule has 2 atom stereocenters. The van der Waals surface area contributed by atoms with Crippen molar-refractivity contribution in [3.05, 3.63) is 76.9 Å². The molecule has 1 nitrogen and oxygen atoms in total. The molecule has 2 aliphatic rings. The summed E-state index contributed by atoms with van der Waals surface area (Å²) < 4.78 is 0. The van der Waals surface area contributed by atoms with Crippen molar-refractivity contribution in [3.8, 4) is 0 Å². The zero-order chi connectivity index (χ0) is 17.5. The van der Waals surface area contributed by atoms with Crippen LogP contribution in [-0.2, 0) is 26.2 Å². The van der Waals surface area contributed by atoms with Crippen LogP contribution in [0.15, 0.2) is 54.6 Å². The second kappa shape index (κ2) is 25.4. The Morgan fingerprint density at radius 3 is 1.26 bits per heavy atom. The molecule has 0 aromatic heterocycles. The molecule has 1 radical (unpaired) electrons. The number of benzene rings is 1. The molecular weight excluding hydrogens is 406 g/mol. The van der Waals surface area contributed by atoms with E-state index in [1.54, 1.807) is 0 Å². The zero-order valence-corrected chi connectivity index (χ0v) is 22.1. The fourth-order valence-electron chi connectivity index (χ4n) is 2.29. The Labute approximate surface area is 192 Å². The molecule has 1 aromatic carbocycles. The molecule has 2 heteroatoms. The third-order valence-electron chi connectivity index (χ3n) is 3.78. The predicted molar refractivity (Wildman–Crippen MR) is 126 cm³/mol. The van der Waals surface area contributed by atoms with Crippen molar-refractivity contribution in [2.75, 3.05) is 19.0 Å². The van der Waals surface area contributed by atoms with Crippen LogP contribution in [0.5, 0.6) is 0 Å². The number of rotatable bonds is 1. The number of anilines is 1. The largest absolute Gasteiger partial charge is 3.00 e. The van der Waals surface area contributed by atoms with Gasteiger partial charge >= 0.3 is 26.2 Å². The number of hydrogen-bond acceptors (Lipinski definition) is 1. The SMILES string of the molecule is CC.CN(C)c1ccccc1.C[C@@H]1C=CCC1.C[C@H]1C=CCC1.[CH3-].[CH3-].[CH3-].[Zr+3]. The third-order valence-corrected chi connectivity index (χ3v) is 3.78. The molecule has 0 N–H and O–H groups in total. The van der Waals surface area contributed by atoms with Crippen LogP contribution in [0.4, 0.5) is 5.69 Å². The third kappa shape index (κ3) is 21.5. The first-order valence-electron chi connectivity index (χ1n) is 9.15. The van der Waals surface area contributed by atoms with Gasteiger partial charge in [0.1, 0.15) is 0 Å². The van der Waals surface area contributed by atoms with Gasteiger partial charge in [-0.05, 0) is 49.7 Å². The molecule has 0 fully saturated rings. The summed E-state index contributed by atoms with van der Waals surface area (Å²) in [5, 5.41) is 0. The fourth-order valence-corrected chi connectivity index (χ4v) is 2.29. The van der Waals surface area contributed by atoms with Crippen LogP contribution in [0.3, 0.4) is 0 Å². The summed E-state index contributed by atoms with van der Waals surface area (Å²) in [6.07, 6.45) is 14.4. The van der Waals surface area contributed by atoms with Crippen molar-refractivity contribution in [2.45, 2.75) is 53.4 Å². The van der Waals surface area contributed by atoms with Crippen molar-refractivity contribution in [2.24, 2.45) is 11.8 Å². The van der Waals surface area contributed by atoms with E-state index in [-0.39, 0.29) is 48.5 Å². The summed E-state index contributed by atoms with van der Waals surface area (Å²) in [4.78, 5) is 2.08. The Morgan fingerprint density at radius 1 is 0.741 bits per heavy atom. The van der Waals surface area contributed by atoms with Crippen molar-refractivity contribution in [1.82, 2.24) is 0 Å². The van der Waals surface area contributed by atoms with Gasteiger partial charge in [-0.15, -0.1) is 0 Å². The monoisotopic (exact) mass is 450 g/mol. The maximum Gasteiger partial charge on any atom is 3.00 e. The van der Waals surface area contributed by atoms with Gasteiger partial charge in [0, 0.05) is 19.8 Å². The summed E-state index contributed by atoms with van der Waals surface area (Å²) in [6, 6.07) is 10.3. The molecule has 2 aliphatic carbocycles. The normalized spacial score (nSPS) is 17.4. The Bertz CT molecular complexity index is 403. The van der Waals surface area contributed by atoms with Gasteiger partial charge in [0.15, 0.2) is 0 Å². The number of nitrogens with zero attached hydrogens (tertiary/aromatic N) is 1. The molecule has 0 aliphatic heterocycles. The van der Waals surface area contributed by atoms with Gasteiger partial charge in [0.25, 0.3) is 0 Å². The Hall–Kier alpha value is -0.617. The molecule has 0 saturated heterocycles. The summed E-state index contributed by atoms with van der Waals surface area (Å²) in [5.74, 6) is 1.73.